The Bertz CT molecular complexity index is 877. The average molecular weight is 276 g/mol. The number of benzene rings is 2. The minimum Gasteiger partial charge on any atom is -0.260 e. The molecule has 1 fully saturated rings. The van der Waals surface area contributed by atoms with Crippen LogP contribution in [-0.2, 0) is 0 Å². The molecule has 0 amide bonds. The minimum atomic E-state index is -0.209. The first kappa shape index (κ1) is 12.3. The second-order valence-electron chi connectivity index (χ2n) is 5.70. The maximum atomic E-state index is 12.4. The molecule has 0 saturated heterocycles. The zero-order valence-electron chi connectivity index (χ0n) is 11.9. The maximum Gasteiger partial charge on any atom is 0.352 e. The van der Waals surface area contributed by atoms with E-state index in [1.807, 2.05) is 37.3 Å². The van der Waals surface area contributed by atoms with Crippen molar-refractivity contribution >= 4 is 10.9 Å². The molecule has 0 N–H and O–H groups in total. The fourth-order valence-electron chi connectivity index (χ4n) is 2.89. The van der Waals surface area contributed by atoms with Gasteiger partial charge in [0.1, 0.15) is 0 Å². The number of rotatable bonds is 2. The van der Waals surface area contributed by atoms with Crippen LogP contribution >= 0.6 is 0 Å². The van der Waals surface area contributed by atoms with Gasteiger partial charge in [0.2, 0.25) is 0 Å². The van der Waals surface area contributed by atoms with Crippen molar-refractivity contribution in [3.63, 3.8) is 0 Å². The minimum absolute atomic E-state index is 0.209. The van der Waals surface area contributed by atoms with E-state index in [-0.39, 0.29) is 5.69 Å². The summed E-state index contributed by atoms with van der Waals surface area (Å²) in [5, 5.41) is 1.04. The average Bonchev–Trinajstić information content (AvgIpc) is 3.32. The molecule has 0 bridgehead atoms. The fourth-order valence-corrected chi connectivity index (χ4v) is 2.89. The molecule has 104 valence electrons. The zero-order valence-corrected chi connectivity index (χ0v) is 11.9. The van der Waals surface area contributed by atoms with Gasteiger partial charge in [-0.2, -0.15) is 4.98 Å². The summed E-state index contributed by atoms with van der Waals surface area (Å²) in [5.74, 6) is 0.669. The van der Waals surface area contributed by atoms with Crippen LogP contribution < -0.4 is 5.69 Å². The molecule has 1 saturated carbocycles. The Morgan fingerprint density at radius 2 is 1.86 bits per heavy atom. The Balaban J connectivity index is 2.08. The predicted molar refractivity (Wildman–Crippen MR) is 84.1 cm³/mol. The Hall–Kier alpha value is -2.42. The number of aryl methyl sites for hydroxylation is 1. The Morgan fingerprint density at radius 1 is 1.10 bits per heavy atom. The van der Waals surface area contributed by atoms with Crippen LogP contribution in [0, 0.1) is 6.92 Å². The molecule has 3 heteroatoms. The van der Waals surface area contributed by atoms with E-state index < -0.39 is 0 Å². The van der Waals surface area contributed by atoms with Crippen LogP contribution in [0.25, 0.3) is 16.6 Å². The van der Waals surface area contributed by atoms with Gasteiger partial charge in [0.15, 0.2) is 0 Å². The molecular weight excluding hydrogens is 260 g/mol. The monoisotopic (exact) mass is 276 g/mol. The molecule has 0 atom stereocenters. The molecule has 0 spiro atoms. The highest BCUT2D eigenvalue weighted by Crippen LogP contribution is 2.41. The van der Waals surface area contributed by atoms with Crippen LogP contribution in [0.3, 0.4) is 0 Å². The van der Waals surface area contributed by atoms with Crippen molar-refractivity contribution in [2.45, 2.75) is 25.7 Å². The number of hydrogen-bond donors (Lipinski definition) is 0. The normalized spacial score (nSPS) is 14.5. The molecule has 2 aromatic carbocycles. The summed E-state index contributed by atoms with van der Waals surface area (Å²) in [6, 6.07) is 16.2. The summed E-state index contributed by atoms with van der Waals surface area (Å²) in [7, 11) is 0. The Kier molecular flexibility index (Phi) is 2.67. The van der Waals surface area contributed by atoms with E-state index in [0.717, 1.165) is 22.3 Å². The van der Waals surface area contributed by atoms with Crippen molar-refractivity contribution in [3.8, 4) is 5.69 Å². The summed E-state index contributed by atoms with van der Waals surface area (Å²) in [4.78, 5) is 16.6. The number of nitrogens with zero attached hydrogens (tertiary/aromatic N) is 2. The van der Waals surface area contributed by atoms with E-state index in [2.05, 4.69) is 23.2 Å². The molecule has 1 aliphatic rings. The molecule has 4 rings (SSSR count). The molecular formula is C18H16N2O. The second-order valence-corrected chi connectivity index (χ2v) is 5.70. The van der Waals surface area contributed by atoms with Gasteiger partial charge in [-0.15, -0.1) is 0 Å². The quantitative estimate of drug-likeness (QED) is 0.717. The SMILES string of the molecule is Cc1nc(=O)n(-c2ccccc2)c2cc(C3CC3)ccc12. The molecule has 1 aliphatic carbocycles. The van der Waals surface area contributed by atoms with E-state index in [0.29, 0.717) is 5.92 Å². The van der Waals surface area contributed by atoms with Gasteiger partial charge >= 0.3 is 5.69 Å². The number of hydrogen-bond acceptors (Lipinski definition) is 2. The van der Waals surface area contributed by atoms with Crippen molar-refractivity contribution in [3.05, 3.63) is 70.3 Å². The summed E-state index contributed by atoms with van der Waals surface area (Å²) >= 11 is 0. The van der Waals surface area contributed by atoms with Crippen LogP contribution in [0.15, 0.2) is 53.3 Å². The van der Waals surface area contributed by atoms with Crippen LogP contribution in [0.4, 0.5) is 0 Å². The van der Waals surface area contributed by atoms with Crippen molar-refractivity contribution < 1.29 is 0 Å². The summed E-state index contributed by atoms with van der Waals surface area (Å²) in [6.45, 7) is 1.90. The van der Waals surface area contributed by atoms with E-state index in [4.69, 9.17) is 0 Å². The lowest BCUT2D eigenvalue weighted by Crippen LogP contribution is -2.22. The van der Waals surface area contributed by atoms with Gasteiger partial charge in [-0.25, -0.2) is 4.79 Å². The largest absolute Gasteiger partial charge is 0.352 e. The molecule has 3 nitrogen and oxygen atoms in total. The lowest BCUT2D eigenvalue weighted by molar-refractivity contribution is 0.937. The highest BCUT2D eigenvalue weighted by Gasteiger charge is 2.24. The molecule has 0 unspecified atom stereocenters. The van der Waals surface area contributed by atoms with Crippen LogP contribution in [0.1, 0.15) is 30.0 Å². The van der Waals surface area contributed by atoms with Gasteiger partial charge in [-0.3, -0.25) is 4.57 Å². The predicted octanol–water partition coefficient (Wildman–Crippen LogP) is 3.57. The van der Waals surface area contributed by atoms with Crippen molar-refractivity contribution in [2.75, 3.05) is 0 Å². The summed E-state index contributed by atoms with van der Waals surface area (Å²) in [5.41, 5.74) is 3.75. The summed E-state index contributed by atoms with van der Waals surface area (Å²) < 4.78 is 1.72. The molecule has 0 radical (unpaired) electrons. The highest BCUT2D eigenvalue weighted by atomic mass is 16.1. The van der Waals surface area contributed by atoms with E-state index in [1.165, 1.54) is 18.4 Å². The van der Waals surface area contributed by atoms with E-state index >= 15 is 0 Å². The molecule has 21 heavy (non-hydrogen) atoms. The fraction of sp³-hybridized carbons (Fsp3) is 0.222. The second kappa shape index (κ2) is 4.55. The van der Waals surface area contributed by atoms with Gasteiger partial charge in [0.25, 0.3) is 0 Å². The Labute approximate surface area is 122 Å². The smallest absolute Gasteiger partial charge is 0.260 e. The lowest BCUT2D eigenvalue weighted by Gasteiger charge is -2.12. The molecule has 1 aromatic heterocycles. The first-order chi connectivity index (χ1) is 10.2. The molecule has 1 heterocycles. The summed E-state index contributed by atoms with van der Waals surface area (Å²) in [6.07, 6.45) is 2.51. The first-order valence-corrected chi connectivity index (χ1v) is 7.33. The van der Waals surface area contributed by atoms with Crippen LogP contribution in [0.5, 0.6) is 0 Å². The molecule has 0 aliphatic heterocycles. The highest BCUT2D eigenvalue weighted by molar-refractivity contribution is 5.83. The van der Waals surface area contributed by atoms with Crippen LogP contribution in [0.2, 0.25) is 0 Å². The lowest BCUT2D eigenvalue weighted by atomic mass is 10.1. The number of fused-ring (bicyclic) bond motifs is 1. The Morgan fingerprint density at radius 3 is 2.57 bits per heavy atom. The van der Waals surface area contributed by atoms with Gasteiger partial charge < -0.3 is 0 Å². The van der Waals surface area contributed by atoms with Crippen molar-refractivity contribution in [1.82, 2.24) is 9.55 Å². The third kappa shape index (κ3) is 2.05. The van der Waals surface area contributed by atoms with Gasteiger partial charge in [-0.1, -0.05) is 30.3 Å². The van der Waals surface area contributed by atoms with Gasteiger partial charge in [0, 0.05) is 5.39 Å². The third-order valence-electron chi connectivity index (χ3n) is 4.17. The number of aromatic nitrogens is 2. The maximum absolute atomic E-state index is 12.4. The first-order valence-electron chi connectivity index (χ1n) is 7.33. The third-order valence-corrected chi connectivity index (χ3v) is 4.17. The number of para-hydroxylation sites is 1. The van der Waals surface area contributed by atoms with Crippen molar-refractivity contribution in [1.29, 1.82) is 0 Å². The topological polar surface area (TPSA) is 34.9 Å². The van der Waals surface area contributed by atoms with Crippen LogP contribution in [-0.4, -0.2) is 9.55 Å². The van der Waals surface area contributed by atoms with Gasteiger partial charge in [0.05, 0.1) is 16.9 Å². The van der Waals surface area contributed by atoms with Gasteiger partial charge in [-0.05, 0) is 49.4 Å². The zero-order chi connectivity index (χ0) is 14.4. The van der Waals surface area contributed by atoms with E-state index in [9.17, 15) is 4.79 Å². The standard InChI is InChI=1S/C18H16N2O/c1-12-16-10-9-14(13-7-8-13)11-17(16)20(18(21)19-12)15-5-3-2-4-6-15/h2-6,9-11,13H,7-8H2,1H3. The van der Waals surface area contributed by atoms with E-state index in [1.54, 1.807) is 4.57 Å². The molecule has 3 aromatic rings. The van der Waals surface area contributed by atoms with Crippen molar-refractivity contribution in [2.24, 2.45) is 0 Å².